The van der Waals surface area contributed by atoms with Gasteiger partial charge in [-0.05, 0) is 49.0 Å². The lowest BCUT2D eigenvalue weighted by molar-refractivity contribution is 0.560. The summed E-state index contributed by atoms with van der Waals surface area (Å²) in [6.45, 7) is 1.86. The predicted molar refractivity (Wildman–Crippen MR) is 96.3 cm³/mol. The molecule has 0 radical (unpaired) electrons. The molecule has 3 rings (SSSR count). The van der Waals surface area contributed by atoms with Gasteiger partial charge in [0.15, 0.2) is 10.3 Å². The maximum Gasteiger partial charge on any atom is 0.336 e. The number of benzene rings is 1. The van der Waals surface area contributed by atoms with Gasteiger partial charge in [0.05, 0.1) is 5.69 Å². The van der Waals surface area contributed by atoms with Crippen molar-refractivity contribution in [3.63, 3.8) is 0 Å². The number of pyridine rings is 1. The largest absolute Gasteiger partial charge is 0.423 e. The first kappa shape index (κ1) is 15.5. The van der Waals surface area contributed by atoms with Crippen LogP contribution < -0.4 is 16.3 Å². The van der Waals surface area contributed by atoms with E-state index in [4.69, 9.17) is 28.2 Å². The molecular weight excluding hydrogens is 334 g/mol. The molecule has 5 nitrogen and oxygen atoms in total. The maximum atomic E-state index is 11.5. The summed E-state index contributed by atoms with van der Waals surface area (Å²) in [5, 5.41) is 7.55. The van der Waals surface area contributed by atoms with Gasteiger partial charge in [0.2, 0.25) is 0 Å². The minimum Gasteiger partial charge on any atom is -0.423 e. The van der Waals surface area contributed by atoms with Crippen molar-refractivity contribution in [1.82, 2.24) is 4.98 Å². The van der Waals surface area contributed by atoms with E-state index < -0.39 is 0 Å². The number of thiocarbonyl (C=S) groups is 1. The van der Waals surface area contributed by atoms with Crippen molar-refractivity contribution in [1.29, 1.82) is 0 Å². The molecule has 2 N–H and O–H groups in total. The van der Waals surface area contributed by atoms with Crippen molar-refractivity contribution >= 4 is 51.3 Å². The molecule has 0 saturated heterocycles. The first-order chi connectivity index (χ1) is 11.0. The molecule has 2 aromatic heterocycles. The van der Waals surface area contributed by atoms with Crippen molar-refractivity contribution in [3.8, 4) is 0 Å². The number of nitrogens with one attached hydrogen (secondary N) is 2. The van der Waals surface area contributed by atoms with E-state index in [-0.39, 0.29) is 5.63 Å². The van der Waals surface area contributed by atoms with Crippen LogP contribution in [0.4, 0.5) is 11.4 Å². The summed E-state index contributed by atoms with van der Waals surface area (Å²) in [6.07, 6.45) is 1.59. The number of fused-ring (bicyclic) bond motifs is 1. The second-order valence-electron chi connectivity index (χ2n) is 4.88. The average Bonchev–Trinajstić information content (AvgIpc) is 2.49. The number of halogens is 1. The molecule has 0 saturated carbocycles. The van der Waals surface area contributed by atoms with Crippen LogP contribution in [-0.4, -0.2) is 10.1 Å². The summed E-state index contributed by atoms with van der Waals surface area (Å²) in [5.41, 5.74) is 2.29. The third kappa shape index (κ3) is 3.49. The van der Waals surface area contributed by atoms with E-state index in [0.717, 1.165) is 10.9 Å². The number of anilines is 2. The Morgan fingerprint density at radius 2 is 2.09 bits per heavy atom. The molecule has 2 heterocycles. The third-order valence-corrected chi connectivity index (χ3v) is 3.72. The van der Waals surface area contributed by atoms with Crippen LogP contribution in [0.1, 0.15) is 5.56 Å². The zero-order valence-electron chi connectivity index (χ0n) is 12.1. The molecule has 0 atom stereocenters. The molecular formula is C16H12ClN3O2S. The Bertz CT molecular complexity index is 955. The Balaban J connectivity index is 1.83. The van der Waals surface area contributed by atoms with Crippen molar-refractivity contribution in [2.75, 3.05) is 10.6 Å². The number of aromatic nitrogens is 1. The van der Waals surface area contributed by atoms with Crippen LogP contribution in [0.5, 0.6) is 0 Å². The molecule has 0 spiro atoms. The van der Waals surface area contributed by atoms with Crippen molar-refractivity contribution in [2.24, 2.45) is 0 Å². The third-order valence-electron chi connectivity index (χ3n) is 3.22. The minimum absolute atomic E-state index is 0.330. The van der Waals surface area contributed by atoms with E-state index in [1.807, 2.05) is 19.1 Å². The normalized spacial score (nSPS) is 10.5. The number of nitrogens with zero attached hydrogens (tertiary/aromatic N) is 1. The van der Waals surface area contributed by atoms with Gasteiger partial charge >= 0.3 is 5.63 Å². The van der Waals surface area contributed by atoms with E-state index in [0.29, 0.717) is 27.2 Å². The Morgan fingerprint density at radius 3 is 2.87 bits per heavy atom. The summed E-state index contributed by atoms with van der Waals surface area (Å²) < 4.78 is 5.21. The number of aryl methyl sites for hydroxylation is 1. The summed E-state index contributed by atoms with van der Waals surface area (Å²) in [5.74, 6) is 0. The van der Waals surface area contributed by atoms with Gasteiger partial charge in [-0.3, -0.25) is 0 Å². The Kier molecular flexibility index (Phi) is 4.27. The second-order valence-corrected chi connectivity index (χ2v) is 5.65. The predicted octanol–water partition coefficient (Wildman–Crippen LogP) is 3.96. The van der Waals surface area contributed by atoms with Crippen LogP contribution in [0.25, 0.3) is 11.0 Å². The zero-order chi connectivity index (χ0) is 16.4. The fourth-order valence-corrected chi connectivity index (χ4v) is 2.56. The molecule has 0 aliphatic heterocycles. The van der Waals surface area contributed by atoms with Crippen molar-refractivity contribution in [3.05, 3.63) is 63.7 Å². The quantitative estimate of drug-likeness (QED) is 0.416. The smallest absolute Gasteiger partial charge is 0.336 e. The van der Waals surface area contributed by atoms with Gasteiger partial charge in [-0.25, -0.2) is 9.78 Å². The van der Waals surface area contributed by atoms with Crippen molar-refractivity contribution < 1.29 is 4.42 Å². The number of hydrogen-bond acceptors (Lipinski definition) is 4. The van der Waals surface area contributed by atoms with Crippen LogP contribution in [0.2, 0.25) is 5.15 Å². The molecule has 0 aliphatic carbocycles. The van der Waals surface area contributed by atoms with E-state index in [1.54, 1.807) is 24.4 Å². The molecule has 0 fully saturated rings. The first-order valence-electron chi connectivity index (χ1n) is 6.76. The molecule has 7 heteroatoms. The molecule has 116 valence electrons. The molecule has 0 unspecified atom stereocenters. The highest BCUT2D eigenvalue weighted by Crippen LogP contribution is 2.22. The minimum atomic E-state index is -0.380. The van der Waals surface area contributed by atoms with E-state index in [1.165, 1.54) is 6.07 Å². The molecule has 0 bridgehead atoms. The van der Waals surface area contributed by atoms with Gasteiger partial charge < -0.3 is 15.1 Å². The van der Waals surface area contributed by atoms with Gasteiger partial charge in [0, 0.05) is 29.4 Å². The lowest BCUT2D eigenvalue weighted by atomic mass is 10.1. The molecule has 0 amide bonds. The fourth-order valence-electron chi connectivity index (χ4n) is 2.17. The van der Waals surface area contributed by atoms with Gasteiger partial charge in [-0.15, -0.1) is 0 Å². The maximum absolute atomic E-state index is 11.5. The molecule has 3 aromatic rings. The van der Waals surface area contributed by atoms with Crippen LogP contribution in [0, 0.1) is 6.92 Å². The Hall–Kier alpha value is -2.44. The summed E-state index contributed by atoms with van der Waals surface area (Å²) in [4.78, 5) is 15.4. The van der Waals surface area contributed by atoms with Crippen LogP contribution >= 0.6 is 23.8 Å². The lowest BCUT2D eigenvalue weighted by Crippen LogP contribution is -2.19. The zero-order valence-corrected chi connectivity index (χ0v) is 13.7. The summed E-state index contributed by atoms with van der Waals surface area (Å²) in [6, 6.07) is 10.4. The highest BCUT2D eigenvalue weighted by atomic mass is 35.5. The Labute approximate surface area is 142 Å². The van der Waals surface area contributed by atoms with E-state index >= 15 is 0 Å². The summed E-state index contributed by atoms with van der Waals surface area (Å²) >= 11 is 11.2. The molecule has 23 heavy (non-hydrogen) atoms. The van der Waals surface area contributed by atoms with Gasteiger partial charge in [0.25, 0.3) is 0 Å². The lowest BCUT2D eigenvalue weighted by Gasteiger charge is -2.11. The van der Waals surface area contributed by atoms with Crippen LogP contribution in [0.15, 0.2) is 51.8 Å². The topological polar surface area (TPSA) is 67.2 Å². The highest BCUT2D eigenvalue weighted by Gasteiger charge is 2.06. The average molecular weight is 346 g/mol. The van der Waals surface area contributed by atoms with Crippen molar-refractivity contribution in [2.45, 2.75) is 6.92 Å². The standard InChI is InChI=1S/C16H12ClN3O2S/c1-9-7-14(21)22-13-8-10(4-5-11(9)13)19-16(23)20-12-3-2-6-18-15(12)17/h2-8H,1H3,(H2,19,20,23). The van der Waals surface area contributed by atoms with Gasteiger partial charge in [-0.1, -0.05) is 11.6 Å². The number of rotatable bonds is 2. The molecule has 0 aliphatic rings. The SMILES string of the molecule is Cc1cc(=O)oc2cc(NC(=S)Nc3cccnc3Cl)ccc12. The molecule has 1 aromatic carbocycles. The second kappa shape index (κ2) is 6.36. The van der Waals surface area contributed by atoms with Crippen LogP contribution in [0.3, 0.4) is 0 Å². The van der Waals surface area contributed by atoms with Gasteiger partial charge in [0.1, 0.15) is 5.58 Å². The monoisotopic (exact) mass is 345 g/mol. The number of hydrogen-bond donors (Lipinski definition) is 2. The fraction of sp³-hybridized carbons (Fsp3) is 0.0625. The van der Waals surface area contributed by atoms with Crippen LogP contribution in [-0.2, 0) is 0 Å². The first-order valence-corrected chi connectivity index (χ1v) is 7.54. The van der Waals surface area contributed by atoms with Gasteiger partial charge in [-0.2, -0.15) is 0 Å². The highest BCUT2D eigenvalue weighted by molar-refractivity contribution is 7.80. The van der Waals surface area contributed by atoms with E-state index in [2.05, 4.69) is 15.6 Å². The summed E-state index contributed by atoms with van der Waals surface area (Å²) in [7, 11) is 0. The van der Waals surface area contributed by atoms with E-state index in [9.17, 15) is 4.79 Å². The Morgan fingerprint density at radius 1 is 1.26 bits per heavy atom.